The van der Waals surface area contributed by atoms with Crippen LogP contribution in [0.15, 0.2) is 84.9 Å². The van der Waals surface area contributed by atoms with Crippen molar-refractivity contribution in [2.45, 2.75) is 38.9 Å². The van der Waals surface area contributed by atoms with Crippen LogP contribution in [0.1, 0.15) is 42.6 Å². The zero-order valence-electron chi connectivity index (χ0n) is 20.2. The fourth-order valence-corrected chi connectivity index (χ4v) is 5.10. The smallest absolute Gasteiger partial charge is 0.223 e. The number of carbonyl (C=O) groups excluding carboxylic acids is 1. The molecule has 3 aromatic carbocycles. The van der Waals surface area contributed by atoms with E-state index >= 15 is 0 Å². The maximum atomic E-state index is 13.4. The predicted octanol–water partition coefficient (Wildman–Crippen LogP) is 5.92. The van der Waals surface area contributed by atoms with Crippen molar-refractivity contribution < 1.29 is 9.18 Å². The highest BCUT2D eigenvalue weighted by Crippen LogP contribution is 2.25. The van der Waals surface area contributed by atoms with E-state index in [1.807, 2.05) is 37.3 Å². The van der Waals surface area contributed by atoms with Gasteiger partial charge in [0, 0.05) is 30.2 Å². The molecular formula is C30H32FN3O. The molecular weight excluding hydrogens is 437 g/mol. The van der Waals surface area contributed by atoms with Crippen molar-refractivity contribution >= 4 is 16.8 Å². The van der Waals surface area contributed by atoms with E-state index in [0.29, 0.717) is 6.54 Å². The zero-order valence-corrected chi connectivity index (χ0v) is 20.2. The lowest BCUT2D eigenvalue weighted by atomic mass is 9.95. The van der Waals surface area contributed by atoms with E-state index in [4.69, 9.17) is 0 Å². The van der Waals surface area contributed by atoms with Crippen LogP contribution in [-0.4, -0.2) is 28.5 Å². The van der Waals surface area contributed by atoms with E-state index in [0.717, 1.165) is 43.6 Å². The number of piperidine rings is 1. The summed E-state index contributed by atoms with van der Waals surface area (Å²) in [6.45, 7) is 5.39. The molecule has 1 fully saturated rings. The van der Waals surface area contributed by atoms with Gasteiger partial charge in [-0.1, -0.05) is 60.7 Å². The summed E-state index contributed by atoms with van der Waals surface area (Å²) in [7, 11) is 0. The molecule has 1 N–H and O–H groups in total. The molecule has 0 radical (unpaired) electrons. The number of nitrogens with one attached hydrogen (secondary N) is 1. The standard InChI is InChI=1S/C30H32FN3O/c1-22(24-7-3-2-4-8-24)32-30(35)25-15-17-33(18-16-25)21-28-19-26-9-5-6-10-29(26)34(28)20-23-11-13-27(31)14-12-23/h2-14,19,22,25H,15-18,20-21H2,1H3,(H,32,35)/t22-/m1/s1. The van der Waals surface area contributed by atoms with Crippen LogP contribution in [0.4, 0.5) is 4.39 Å². The molecule has 0 spiro atoms. The van der Waals surface area contributed by atoms with E-state index in [-0.39, 0.29) is 23.7 Å². The maximum Gasteiger partial charge on any atom is 0.223 e. The van der Waals surface area contributed by atoms with E-state index in [2.05, 4.69) is 57.2 Å². The first kappa shape index (κ1) is 23.3. The molecule has 0 aliphatic carbocycles. The molecule has 1 aliphatic rings. The summed E-state index contributed by atoms with van der Waals surface area (Å²) in [5.74, 6) is 0.00493. The van der Waals surface area contributed by atoms with Gasteiger partial charge in [-0.05, 0) is 73.6 Å². The lowest BCUT2D eigenvalue weighted by molar-refractivity contribution is -0.127. The van der Waals surface area contributed by atoms with Gasteiger partial charge in [-0.15, -0.1) is 0 Å². The number of hydrogen-bond acceptors (Lipinski definition) is 2. The average molecular weight is 470 g/mol. The third-order valence-electron chi connectivity index (χ3n) is 7.15. The van der Waals surface area contributed by atoms with E-state index in [1.165, 1.54) is 28.7 Å². The predicted molar refractivity (Wildman–Crippen MR) is 138 cm³/mol. The highest BCUT2D eigenvalue weighted by molar-refractivity contribution is 5.81. The Hall–Kier alpha value is -3.44. The second-order valence-corrected chi connectivity index (χ2v) is 9.60. The van der Waals surface area contributed by atoms with Crippen LogP contribution < -0.4 is 5.32 Å². The Labute approximate surface area is 206 Å². The van der Waals surface area contributed by atoms with Crippen LogP contribution in [0.25, 0.3) is 10.9 Å². The minimum absolute atomic E-state index is 0.0175. The number of aromatic nitrogens is 1. The van der Waals surface area contributed by atoms with Gasteiger partial charge in [-0.2, -0.15) is 0 Å². The molecule has 0 unspecified atom stereocenters. The highest BCUT2D eigenvalue weighted by atomic mass is 19.1. The lowest BCUT2D eigenvalue weighted by Crippen LogP contribution is -2.41. The molecule has 5 heteroatoms. The average Bonchev–Trinajstić information content (AvgIpc) is 3.23. The van der Waals surface area contributed by atoms with Gasteiger partial charge in [-0.25, -0.2) is 4.39 Å². The van der Waals surface area contributed by atoms with Crippen molar-refractivity contribution in [1.29, 1.82) is 0 Å². The van der Waals surface area contributed by atoms with Gasteiger partial charge in [0.05, 0.1) is 6.04 Å². The number of carbonyl (C=O) groups is 1. The fraction of sp³-hybridized carbons (Fsp3) is 0.300. The zero-order chi connectivity index (χ0) is 24.2. The minimum Gasteiger partial charge on any atom is -0.349 e. The van der Waals surface area contributed by atoms with Crippen molar-refractivity contribution in [2.75, 3.05) is 13.1 Å². The van der Waals surface area contributed by atoms with Crippen molar-refractivity contribution in [1.82, 2.24) is 14.8 Å². The Kier molecular flexibility index (Phi) is 6.96. The summed E-state index contributed by atoms with van der Waals surface area (Å²) in [5, 5.41) is 4.42. The van der Waals surface area contributed by atoms with Crippen molar-refractivity contribution in [3.8, 4) is 0 Å². The third-order valence-corrected chi connectivity index (χ3v) is 7.15. The first-order valence-corrected chi connectivity index (χ1v) is 12.5. The van der Waals surface area contributed by atoms with Gasteiger partial charge in [0.15, 0.2) is 0 Å². The summed E-state index contributed by atoms with van der Waals surface area (Å²) >= 11 is 0. The minimum atomic E-state index is -0.212. The third kappa shape index (κ3) is 5.46. The fourth-order valence-electron chi connectivity index (χ4n) is 5.10. The van der Waals surface area contributed by atoms with Crippen molar-refractivity contribution in [3.05, 3.63) is 108 Å². The quantitative estimate of drug-likeness (QED) is 0.365. The van der Waals surface area contributed by atoms with Crippen LogP contribution >= 0.6 is 0 Å². The van der Waals surface area contributed by atoms with Crippen LogP contribution in [0.3, 0.4) is 0 Å². The SMILES string of the molecule is C[C@@H](NC(=O)C1CCN(Cc2cc3ccccc3n2Cc2ccc(F)cc2)CC1)c1ccccc1. The molecule has 2 heterocycles. The summed E-state index contributed by atoms with van der Waals surface area (Å²) in [5.41, 5.74) is 4.65. The summed E-state index contributed by atoms with van der Waals surface area (Å²) in [4.78, 5) is 15.3. The first-order chi connectivity index (χ1) is 17.1. The van der Waals surface area contributed by atoms with E-state index in [9.17, 15) is 9.18 Å². The largest absolute Gasteiger partial charge is 0.349 e. The number of rotatable bonds is 7. The Morgan fingerprint density at radius 1 is 0.943 bits per heavy atom. The molecule has 4 aromatic rings. The Balaban J connectivity index is 1.23. The number of fused-ring (bicyclic) bond motifs is 1. The van der Waals surface area contributed by atoms with Gasteiger partial charge >= 0.3 is 0 Å². The number of halogens is 1. The van der Waals surface area contributed by atoms with Crippen molar-refractivity contribution in [2.24, 2.45) is 5.92 Å². The molecule has 0 saturated carbocycles. The molecule has 35 heavy (non-hydrogen) atoms. The topological polar surface area (TPSA) is 37.3 Å². The molecule has 0 bridgehead atoms. The van der Waals surface area contributed by atoms with Gasteiger partial charge < -0.3 is 9.88 Å². The first-order valence-electron chi connectivity index (χ1n) is 12.5. The number of likely N-dealkylation sites (tertiary alicyclic amines) is 1. The summed E-state index contributed by atoms with van der Waals surface area (Å²) in [6.07, 6.45) is 1.73. The van der Waals surface area contributed by atoms with E-state index in [1.54, 1.807) is 0 Å². The molecule has 1 amide bonds. The van der Waals surface area contributed by atoms with Gasteiger partial charge in [0.25, 0.3) is 0 Å². The van der Waals surface area contributed by atoms with Crippen LogP contribution in [0.2, 0.25) is 0 Å². The maximum absolute atomic E-state index is 13.4. The Morgan fingerprint density at radius 3 is 2.37 bits per heavy atom. The van der Waals surface area contributed by atoms with E-state index < -0.39 is 0 Å². The van der Waals surface area contributed by atoms with Crippen molar-refractivity contribution in [3.63, 3.8) is 0 Å². The molecule has 5 rings (SSSR count). The normalized spacial score (nSPS) is 15.8. The number of hydrogen-bond donors (Lipinski definition) is 1. The monoisotopic (exact) mass is 469 g/mol. The van der Waals surface area contributed by atoms with Crippen LogP contribution in [0.5, 0.6) is 0 Å². The molecule has 1 aliphatic heterocycles. The second kappa shape index (κ2) is 10.4. The number of nitrogens with zero attached hydrogens (tertiary/aromatic N) is 2. The summed E-state index contributed by atoms with van der Waals surface area (Å²) < 4.78 is 15.7. The second-order valence-electron chi connectivity index (χ2n) is 9.60. The number of benzene rings is 3. The number of para-hydroxylation sites is 1. The molecule has 1 aromatic heterocycles. The van der Waals surface area contributed by atoms with Crippen LogP contribution in [-0.2, 0) is 17.9 Å². The van der Waals surface area contributed by atoms with Gasteiger partial charge in [0.2, 0.25) is 5.91 Å². The molecule has 180 valence electrons. The Bertz CT molecular complexity index is 1270. The van der Waals surface area contributed by atoms with Crippen LogP contribution in [0, 0.1) is 11.7 Å². The van der Waals surface area contributed by atoms with Gasteiger partial charge in [-0.3, -0.25) is 9.69 Å². The molecule has 4 nitrogen and oxygen atoms in total. The highest BCUT2D eigenvalue weighted by Gasteiger charge is 2.26. The Morgan fingerprint density at radius 2 is 1.63 bits per heavy atom. The molecule has 1 saturated heterocycles. The molecule has 1 atom stereocenters. The van der Waals surface area contributed by atoms with Gasteiger partial charge in [0.1, 0.15) is 5.82 Å². The lowest BCUT2D eigenvalue weighted by Gasteiger charge is -2.32. The summed E-state index contributed by atoms with van der Waals surface area (Å²) in [6, 6.07) is 27.6. The number of amides is 1.